The molecular weight excluding hydrogens is 268 g/mol. The lowest BCUT2D eigenvalue weighted by Gasteiger charge is -2.06. The Morgan fingerprint density at radius 1 is 1.53 bits per heavy atom. The van der Waals surface area contributed by atoms with Crippen LogP contribution in [0.5, 0.6) is 0 Å². The molecule has 2 rings (SSSR count). The lowest BCUT2D eigenvalue weighted by atomic mass is 10.2. The minimum absolute atomic E-state index is 0.154. The van der Waals surface area contributed by atoms with Crippen molar-refractivity contribution in [1.29, 1.82) is 0 Å². The molecular formula is C11H12N4O3S. The van der Waals surface area contributed by atoms with Gasteiger partial charge in [0.05, 0.1) is 24.7 Å². The van der Waals surface area contributed by atoms with Crippen molar-refractivity contribution in [3.8, 4) is 0 Å². The maximum atomic E-state index is 12.0. The second kappa shape index (κ2) is 5.11. The number of aromatic amines is 1. The van der Waals surface area contributed by atoms with Crippen LogP contribution in [0.1, 0.15) is 25.7 Å². The number of aryl methyl sites for hydroxylation is 1. The fourth-order valence-corrected chi connectivity index (χ4v) is 2.42. The van der Waals surface area contributed by atoms with Crippen molar-refractivity contribution in [2.24, 2.45) is 0 Å². The summed E-state index contributed by atoms with van der Waals surface area (Å²) in [6.45, 7) is 1.79. The lowest BCUT2D eigenvalue weighted by Crippen LogP contribution is -2.16. The number of rotatable bonds is 3. The maximum absolute atomic E-state index is 12.0. The molecule has 0 aliphatic rings. The molecule has 0 atom stereocenters. The number of nitrogens with one attached hydrogen (secondary N) is 2. The molecule has 4 N–H and O–H groups in total. The van der Waals surface area contributed by atoms with E-state index in [1.165, 1.54) is 24.6 Å². The average Bonchev–Trinajstić information content (AvgIpc) is 2.96. The highest BCUT2D eigenvalue weighted by atomic mass is 32.1. The number of aromatic nitrogens is 2. The first-order valence-corrected chi connectivity index (χ1v) is 6.19. The van der Waals surface area contributed by atoms with E-state index in [4.69, 9.17) is 5.73 Å². The minimum Gasteiger partial charge on any atom is -0.465 e. The van der Waals surface area contributed by atoms with Gasteiger partial charge in [0.15, 0.2) is 0 Å². The second-order valence-electron chi connectivity index (χ2n) is 3.77. The van der Waals surface area contributed by atoms with Gasteiger partial charge in [0.1, 0.15) is 10.6 Å². The molecule has 19 heavy (non-hydrogen) atoms. The van der Waals surface area contributed by atoms with Crippen LogP contribution in [0.2, 0.25) is 0 Å². The van der Waals surface area contributed by atoms with Crippen LogP contribution in [0, 0.1) is 6.92 Å². The predicted octanol–water partition coefficient (Wildman–Crippen LogP) is 1.40. The van der Waals surface area contributed by atoms with Gasteiger partial charge < -0.3 is 15.8 Å². The second-order valence-corrected chi connectivity index (χ2v) is 4.65. The van der Waals surface area contributed by atoms with Gasteiger partial charge in [-0.15, -0.1) is 11.3 Å². The number of thiophene rings is 1. The summed E-state index contributed by atoms with van der Waals surface area (Å²) < 4.78 is 4.66. The van der Waals surface area contributed by atoms with Gasteiger partial charge in [-0.2, -0.15) is 5.10 Å². The number of hydrogen-bond acceptors (Lipinski definition) is 6. The number of ether oxygens (including phenoxy) is 1. The number of methoxy groups -OCH3 is 1. The van der Waals surface area contributed by atoms with E-state index in [-0.39, 0.29) is 11.4 Å². The summed E-state index contributed by atoms with van der Waals surface area (Å²) >= 11 is 1.21. The van der Waals surface area contributed by atoms with E-state index in [2.05, 4.69) is 20.3 Å². The van der Waals surface area contributed by atoms with Gasteiger partial charge in [0, 0.05) is 0 Å². The molecule has 0 spiro atoms. The third kappa shape index (κ3) is 2.43. The number of hydrogen-bond donors (Lipinski definition) is 3. The minimum atomic E-state index is -0.494. The molecule has 0 aliphatic carbocycles. The summed E-state index contributed by atoms with van der Waals surface area (Å²) in [6, 6.07) is 0. The molecule has 100 valence electrons. The Morgan fingerprint density at radius 3 is 2.84 bits per heavy atom. The Hall–Kier alpha value is -2.35. The smallest absolute Gasteiger partial charge is 0.350 e. The molecule has 1 amide bonds. The Labute approximate surface area is 112 Å². The van der Waals surface area contributed by atoms with Crippen LogP contribution >= 0.6 is 11.3 Å². The van der Waals surface area contributed by atoms with E-state index in [9.17, 15) is 9.59 Å². The maximum Gasteiger partial charge on any atom is 0.350 e. The number of H-pyrrole nitrogens is 1. The van der Waals surface area contributed by atoms with Gasteiger partial charge in [0.25, 0.3) is 5.91 Å². The van der Waals surface area contributed by atoms with Crippen molar-refractivity contribution in [1.82, 2.24) is 10.2 Å². The molecule has 0 aliphatic heterocycles. The lowest BCUT2D eigenvalue weighted by molar-refractivity contribution is 0.0607. The number of nitrogen functional groups attached to an aromatic ring is 1. The van der Waals surface area contributed by atoms with Gasteiger partial charge in [-0.05, 0) is 17.9 Å². The number of nitrogens with two attached hydrogens (primary N) is 1. The molecule has 2 aromatic heterocycles. The first-order valence-electron chi connectivity index (χ1n) is 5.31. The van der Waals surface area contributed by atoms with Crippen molar-refractivity contribution < 1.29 is 14.3 Å². The molecule has 0 unspecified atom stereocenters. The zero-order valence-electron chi connectivity index (χ0n) is 10.3. The Balaban J connectivity index is 2.29. The van der Waals surface area contributed by atoms with Crippen LogP contribution in [0.4, 0.5) is 11.4 Å². The van der Waals surface area contributed by atoms with Gasteiger partial charge in [-0.1, -0.05) is 0 Å². The highest BCUT2D eigenvalue weighted by molar-refractivity contribution is 7.12. The molecule has 0 aromatic carbocycles. The Morgan fingerprint density at radius 2 is 2.26 bits per heavy atom. The SMILES string of the molecule is COC(=O)c1scc(C)c1NC(=O)c1[nH]ncc1N. The molecule has 0 fully saturated rings. The fourth-order valence-electron chi connectivity index (χ4n) is 1.50. The summed E-state index contributed by atoms with van der Waals surface area (Å²) in [7, 11) is 1.29. The zero-order valence-corrected chi connectivity index (χ0v) is 11.1. The van der Waals surface area contributed by atoms with Crippen molar-refractivity contribution in [2.75, 3.05) is 18.2 Å². The fraction of sp³-hybridized carbons (Fsp3) is 0.182. The van der Waals surface area contributed by atoms with Crippen LogP contribution < -0.4 is 11.1 Å². The molecule has 0 radical (unpaired) electrons. The van der Waals surface area contributed by atoms with Crippen molar-refractivity contribution in [3.05, 3.63) is 27.7 Å². The monoisotopic (exact) mass is 280 g/mol. The third-order valence-corrected chi connectivity index (χ3v) is 3.56. The van der Waals surface area contributed by atoms with Crippen LogP contribution in [0.15, 0.2) is 11.6 Å². The number of esters is 1. The van der Waals surface area contributed by atoms with Crippen molar-refractivity contribution in [3.63, 3.8) is 0 Å². The van der Waals surface area contributed by atoms with E-state index in [1.54, 1.807) is 12.3 Å². The first kappa shape index (κ1) is 13.1. The Bertz CT molecular complexity index is 632. The summed E-state index contributed by atoms with van der Waals surface area (Å²) in [5.74, 6) is -0.951. The topological polar surface area (TPSA) is 110 Å². The zero-order chi connectivity index (χ0) is 14.0. The van der Waals surface area contributed by atoms with E-state index in [0.29, 0.717) is 10.6 Å². The first-order chi connectivity index (χ1) is 9.04. The Kier molecular flexibility index (Phi) is 3.52. The van der Waals surface area contributed by atoms with Gasteiger partial charge >= 0.3 is 5.97 Å². The van der Waals surface area contributed by atoms with Crippen molar-refractivity contribution >= 4 is 34.6 Å². The molecule has 2 heterocycles. The van der Waals surface area contributed by atoms with Gasteiger partial charge in [-0.3, -0.25) is 9.89 Å². The summed E-state index contributed by atoms with van der Waals surface area (Å²) in [6.07, 6.45) is 1.34. The van der Waals surface area contributed by atoms with Crippen LogP contribution in [-0.4, -0.2) is 29.2 Å². The van der Waals surface area contributed by atoms with E-state index in [0.717, 1.165) is 5.56 Å². The largest absolute Gasteiger partial charge is 0.465 e. The molecule has 0 saturated heterocycles. The summed E-state index contributed by atoms with van der Waals surface area (Å²) in [5, 5.41) is 10.6. The normalized spacial score (nSPS) is 10.2. The average molecular weight is 280 g/mol. The molecule has 0 saturated carbocycles. The van der Waals surface area contributed by atoms with Crippen LogP contribution in [-0.2, 0) is 4.74 Å². The van der Waals surface area contributed by atoms with Crippen LogP contribution in [0.25, 0.3) is 0 Å². The van der Waals surface area contributed by atoms with E-state index < -0.39 is 11.9 Å². The molecule has 8 heteroatoms. The molecule has 2 aromatic rings. The summed E-state index contributed by atoms with van der Waals surface area (Å²) in [5.41, 5.74) is 7.19. The number of anilines is 2. The van der Waals surface area contributed by atoms with E-state index in [1.807, 2.05) is 0 Å². The highest BCUT2D eigenvalue weighted by Gasteiger charge is 2.20. The quantitative estimate of drug-likeness (QED) is 0.736. The molecule has 0 bridgehead atoms. The third-order valence-electron chi connectivity index (χ3n) is 2.48. The standard InChI is InChI=1S/C11H12N4O3S/c1-5-4-19-9(11(17)18-2)7(5)14-10(16)8-6(12)3-13-15-8/h3-4H,12H2,1-2H3,(H,13,15)(H,14,16). The number of nitrogens with zero attached hydrogens (tertiary/aromatic N) is 1. The number of carbonyl (C=O) groups excluding carboxylic acids is 2. The number of amides is 1. The predicted molar refractivity (Wildman–Crippen MR) is 71.3 cm³/mol. The van der Waals surface area contributed by atoms with Gasteiger partial charge in [-0.25, -0.2) is 4.79 Å². The van der Waals surface area contributed by atoms with Crippen molar-refractivity contribution in [2.45, 2.75) is 6.92 Å². The van der Waals surface area contributed by atoms with Crippen LogP contribution in [0.3, 0.4) is 0 Å². The van der Waals surface area contributed by atoms with Gasteiger partial charge in [0.2, 0.25) is 0 Å². The highest BCUT2D eigenvalue weighted by Crippen LogP contribution is 2.28. The van der Waals surface area contributed by atoms with E-state index >= 15 is 0 Å². The molecule has 7 nitrogen and oxygen atoms in total. The number of carbonyl (C=O) groups is 2. The summed E-state index contributed by atoms with van der Waals surface area (Å²) in [4.78, 5) is 23.9.